The van der Waals surface area contributed by atoms with Gasteiger partial charge in [0.2, 0.25) is 0 Å². The van der Waals surface area contributed by atoms with E-state index in [0.29, 0.717) is 11.3 Å². The third kappa shape index (κ3) is 1.26. The van der Waals surface area contributed by atoms with Crippen LogP contribution in [-0.2, 0) is 0 Å². The summed E-state index contributed by atoms with van der Waals surface area (Å²) in [6.45, 7) is 6.58. The van der Waals surface area contributed by atoms with Crippen molar-refractivity contribution in [2.75, 3.05) is 0 Å². The van der Waals surface area contributed by atoms with Gasteiger partial charge in [0.25, 0.3) is 0 Å². The molecular formula is C8H16O. The molecule has 0 bridgehead atoms. The van der Waals surface area contributed by atoms with Crippen LogP contribution in [-0.4, -0.2) is 11.2 Å². The Labute approximate surface area is 57.1 Å². The first kappa shape index (κ1) is 7.07. The molecule has 1 fully saturated rings. The molecule has 0 spiro atoms. The van der Waals surface area contributed by atoms with Crippen molar-refractivity contribution in [3.8, 4) is 0 Å². The molecule has 1 heteroatoms. The fourth-order valence-electron chi connectivity index (χ4n) is 1.49. The zero-order chi connectivity index (χ0) is 7.07. The first-order chi connectivity index (χ1) is 4.02. The average Bonchev–Trinajstić information content (AvgIpc) is 1.57. The first-order valence-corrected chi connectivity index (χ1v) is 3.70. The highest BCUT2D eigenvalue weighted by atomic mass is 16.3. The SMILES string of the molecule is CC(C)(C)[C@H]1CC[C@H]1O. The monoisotopic (exact) mass is 128 g/mol. The van der Waals surface area contributed by atoms with Gasteiger partial charge in [-0.15, -0.1) is 0 Å². The maximum atomic E-state index is 9.24. The highest BCUT2D eigenvalue weighted by Gasteiger charge is 2.37. The van der Waals surface area contributed by atoms with Crippen LogP contribution in [0, 0.1) is 11.3 Å². The quantitative estimate of drug-likeness (QED) is 0.527. The first-order valence-electron chi connectivity index (χ1n) is 3.70. The number of aliphatic hydroxyl groups excluding tert-OH is 1. The van der Waals surface area contributed by atoms with E-state index in [2.05, 4.69) is 20.8 Å². The van der Waals surface area contributed by atoms with Crippen molar-refractivity contribution in [3.05, 3.63) is 0 Å². The predicted octanol–water partition coefficient (Wildman–Crippen LogP) is 1.80. The van der Waals surface area contributed by atoms with Crippen molar-refractivity contribution in [2.45, 2.75) is 39.7 Å². The highest BCUT2D eigenvalue weighted by Crippen LogP contribution is 2.41. The molecule has 0 saturated heterocycles. The normalized spacial score (nSPS) is 36.0. The molecule has 1 rings (SSSR count). The molecule has 0 radical (unpaired) electrons. The summed E-state index contributed by atoms with van der Waals surface area (Å²) in [6.07, 6.45) is 2.22. The number of rotatable bonds is 0. The molecule has 0 aliphatic heterocycles. The fraction of sp³-hybridized carbons (Fsp3) is 1.00. The van der Waals surface area contributed by atoms with Crippen LogP contribution in [0.15, 0.2) is 0 Å². The van der Waals surface area contributed by atoms with Crippen molar-refractivity contribution < 1.29 is 5.11 Å². The zero-order valence-corrected chi connectivity index (χ0v) is 6.52. The Kier molecular flexibility index (Phi) is 1.55. The molecular weight excluding hydrogens is 112 g/mol. The summed E-state index contributed by atoms with van der Waals surface area (Å²) < 4.78 is 0. The van der Waals surface area contributed by atoms with Gasteiger partial charge in [0.1, 0.15) is 0 Å². The van der Waals surface area contributed by atoms with Crippen LogP contribution < -0.4 is 0 Å². The maximum absolute atomic E-state index is 9.24. The molecule has 1 aliphatic carbocycles. The Balaban J connectivity index is 2.44. The Morgan fingerprint density at radius 3 is 1.78 bits per heavy atom. The summed E-state index contributed by atoms with van der Waals surface area (Å²) in [7, 11) is 0. The second kappa shape index (κ2) is 1.98. The number of hydrogen-bond acceptors (Lipinski definition) is 1. The Hall–Kier alpha value is -0.0400. The predicted molar refractivity (Wildman–Crippen MR) is 38.2 cm³/mol. The van der Waals surface area contributed by atoms with Crippen molar-refractivity contribution in [2.24, 2.45) is 11.3 Å². The molecule has 1 nitrogen and oxygen atoms in total. The van der Waals surface area contributed by atoms with Gasteiger partial charge in [-0.05, 0) is 24.2 Å². The topological polar surface area (TPSA) is 20.2 Å². The van der Waals surface area contributed by atoms with E-state index < -0.39 is 0 Å². The van der Waals surface area contributed by atoms with Gasteiger partial charge < -0.3 is 5.11 Å². The van der Waals surface area contributed by atoms with E-state index in [-0.39, 0.29) is 6.10 Å². The van der Waals surface area contributed by atoms with Gasteiger partial charge in [0.05, 0.1) is 6.10 Å². The van der Waals surface area contributed by atoms with E-state index in [1.165, 1.54) is 6.42 Å². The lowest BCUT2D eigenvalue weighted by atomic mass is 9.66. The molecule has 0 heterocycles. The van der Waals surface area contributed by atoms with E-state index in [1.54, 1.807) is 0 Å². The van der Waals surface area contributed by atoms with E-state index in [9.17, 15) is 5.11 Å². The molecule has 0 amide bonds. The van der Waals surface area contributed by atoms with E-state index in [1.807, 2.05) is 0 Å². The third-order valence-electron chi connectivity index (χ3n) is 2.35. The van der Waals surface area contributed by atoms with Crippen molar-refractivity contribution in [3.63, 3.8) is 0 Å². The summed E-state index contributed by atoms with van der Waals surface area (Å²) in [5, 5.41) is 9.24. The van der Waals surface area contributed by atoms with Gasteiger partial charge in [0, 0.05) is 0 Å². The van der Waals surface area contributed by atoms with Crippen LogP contribution >= 0.6 is 0 Å². The largest absolute Gasteiger partial charge is 0.393 e. The molecule has 1 N–H and O–H groups in total. The molecule has 54 valence electrons. The van der Waals surface area contributed by atoms with Crippen LogP contribution in [0.4, 0.5) is 0 Å². The lowest BCUT2D eigenvalue weighted by Crippen LogP contribution is -2.40. The van der Waals surface area contributed by atoms with Crippen molar-refractivity contribution in [1.29, 1.82) is 0 Å². The fourth-order valence-corrected chi connectivity index (χ4v) is 1.49. The molecule has 0 aromatic rings. The molecule has 0 aromatic carbocycles. The third-order valence-corrected chi connectivity index (χ3v) is 2.35. The second-order valence-corrected chi connectivity index (χ2v) is 4.12. The summed E-state index contributed by atoms with van der Waals surface area (Å²) >= 11 is 0. The Morgan fingerprint density at radius 1 is 1.22 bits per heavy atom. The molecule has 1 saturated carbocycles. The van der Waals surface area contributed by atoms with Crippen LogP contribution in [0.3, 0.4) is 0 Å². The molecule has 1 aliphatic rings. The van der Waals surface area contributed by atoms with Crippen LogP contribution in [0.1, 0.15) is 33.6 Å². The van der Waals surface area contributed by atoms with Gasteiger partial charge in [-0.2, -0.15) is 0 Å². The Bertz CT molecular complexity index is 102. The summed E-state index contributed by atoms with van der Waals surface area (Å²) in [4.78, 5) is 0. The lowest BCUT2D eigenvalue weighted by Gasteiger charge is -2.42. The summed E-state index contributed by atoms with van der Waals surface area (Å²) in [6, 6.07) is 0. The summed E-state index contributed by atoms with van der Waals surface area (Å²) in [5.41, 5.74) is 0.317. The number of hydrogen-bond donors (Lipinski definition) is 1. The average molecular weight is 128 g/mol. The van der Waals surface area contributed by atoms with E-state index >= 15 is 0 Å². The smallest absolute Gasteiger partial charge is 0.0573 e. The minimum Gasteiger partial charge on any atom is -0.393 e. The molecule has 0 aromatic heterocycles. The van der Waals surface area contributed by atoms with E-state index in [0.717, 1.165) is 6.42 Å². The molecule has 9 heavy (non-hydrogen) atoms. The molecule has 0 unspecified atom stereocenters. The van der Waals surface area contributed by atoms with Gasteiger partial charge >= 0.3 is 0 Å². The minimum absolute atomic E-state index is 0.00926. The maximum Gasteiger partial charge on any atom is 0.0573 e. The Morgan fingerprint density at radius 2 is 1.78 bits per heavy atom. The molecule has 2 atom stereocenters. The lowest BCUT2D eigenvalue weighted by molar-refractivity contribution is -0.0355. The minimum atomic E-state index is -0.00926. The second-order valence-electron chi connectivity index (χ2n) is 4.12. The van der Waals surface area contributed by atoms with E-state index in [4.69, 9.17) is 0 Å². The van der Waals surface area contributed by atoms with Crippen molar-refractivity contribution in [1.82, 2.24) is 0 Å². The summed E-state index contributed by atoms with van der Waals surface area (Å²) in [5.74, 6) is 0.553. The van der Waals surface area contributed by atoms with Crippen LogP contribution in [0.2, 0.25) is 0 Å². The van der Waals surface area contributed by atoms with Crippen LogP contribution in [0.5, 0.6) is 0 Å². The van der Waals surface area contributed by atoms with Gasteiger partial charge in [-0.25, -0.2) is 0 Å². The standard InChI is InChI=1S/C8H16O/c1-8(2,3)6-4-5-7(6)9/h6-7,9H,4-5H2,1-3H3/t6-,7+/m0/s1. The number of aliphatic hydroxyl groups is 1. The van der Waals surface area contributed by atoms with Crippen molar-refractivity contribution >= 4 is 0 Å². The highest BCUT2D eigenvalue weighted by molar-refractivity contribution is 4.88. The van der Waals surface area contributed by atoms with Gasteiger partial charge in [-0.3, -0.25) is 0 Å². The zero-order valence-electron chi connectivity index (χ0n) is 6.52. The van der Waals surface area contributed by atoms with Gasteiger partial charge in [-0.1, -0.05) is 20.8 Å². The van der Waals surface area contributed by atoms with Gasteiger partial charge in [0.15, 0.2) is 0 Å². The van der Waals surface area contributed by atoms with Crippen LogP contribution in [0.25, 0.3) is 0 Å².